The first-order chi connectivity index (χ1) is 11.9. The Morgan fingerprint density at radius 1 is 1.00 bits per heavy atom. The van der Waals surface area contributed by atoms with E-state index in [1.54, 1.807) is 13.8 Å². The molecule has 2 fully saturated rings. The molecule has 0 heterocycles. The third-order valence-corrected chi connectivity index (χ3v) is 5.44. The second-order valence-corrected chi connectivity index (χ2v) is 7.19. The maximum atomic E-state index is 11.3. The van der Waals surface area contributed by atoms with Gasteiger partial charge >= 0.3 is 11.9 Å². The van der Waals surface area contributed by atoms with Crippen LogP contribution in [0.5, 0.6) is 0 Å². The second-order valence-electron chi connectivity index (χ2n) is 6.20. The monoisotopic (exact) mass is 418 g/mol. The molecule has 0 N–H and O–H groups in total. The number of halogens is 1. The first-order valence-corrected chi connectivity index (χ1v) is 9.83. The van der Waals surface area contributed by atoms with Gasteiger partial charge in [-0.05, 0) is 39.5 Å². The molecule has 2 rings (SSSR count). The van der Waals surface area contributed by atoms with Gasteiger partial charge in [0.25, 0.3) is 0 Å². The van der Waals surface area contributed by atoms with Crippen molar-refractivity contribution >= 4 is 39.4 Å². The molecule has 0 amide bonds. The summed E-state index contributed by atoms with van der Waals surface area (Å²) in [7, 11) is 0. The maximum absolute atomic E-state index is 11.3. The lowest BCUT2D eigenvalue weighted by molar-refractivity contribution is -0.151. The number of carbonyl (C=O) groups excluding carboxylic acids is 4. The van der Waals surface area contributed by atoms with Gasteiger partial charge in [-0.3, -0.25) is 19.2 Å². The van der Waals surface area contributed by atoms with E-state index in [0.29, 0.717) is 32.5 Å². The van der Waals surface area contributed by atoms with Gasteiger partial charge in [-0.15, -0.1) is 0 Å². The average molecular weight is 419 g/mol. The van der Waals surface area contributed by atoms with Crippen molar-refractivity contribution in [1.29, 1.82) is 0 Å². The quantitative estimate of drug-likeness (QED) is 0.514. The minimum atomic E-state index is -0.333. The first-order valence-electron chi connectivity index (χ1n) is 8.92. The number of hydrogen-bond donors (Lipinski definition) is 0. The summed E-state index contributed by atoms with van der Waals surface area (Å²) in [5.41, 5.74) is 0. The number of carbonyl (C=O) groups is 4. The fraction of sp³-hybridized carbons (Fsp3) is 0.778. The van der Waals surface area contributed by atoms with Gasteiger partial charge in [0.05, 0.1) is 29.9 Å². The van der Waals surface area contributed by atoms with Crippen LogP contribution in [0.1, 0.15) is 58.8 Å². The van der Waals surface area contributed by atoms with E-state index < -0.39 is 0 Å². The molecule has 0 spiro atoms. The van der Waals surface area contributed by atoms with Crippen molar-refractivity contribution < 1.29 is 28.7 Å². The van der Waals surface area contributed by atoms with Crippen molar-refractivity contribution in [2.75, 3.05) is 13.2 Å². The Labute approximate surface area is 157 Å². The summed E-state index contributed by atoms with van der Waals surface area (Å²) in [4.78, 5) is 44.4. The van der Waals surface area contributed by atoms with Crippen molar-refractivity contribution in [2.45, 2.75) is 63.6 Å². The molecule has 0 aliphatic heterocycles. The standard InChI is InChI=1S/C9H13BrO3.C9H14O3/c1-2-13-9(12)6-4-3-5-7(11)8(6)10;1-2-12-9(11)7-4-3-5-8(10)6-7/h6,8H,2-5H2,1H3;7H,2-6H2,1H3. The van der Waals surface area contributed by atoms with E-state index in [1.807, 2.05) is 0 Å². The number of hydrogen-bond acceptors (Lipinski definition) is 6. The van der Waals surface area contributed by atoms with Crippen molar-refractivity contribution in [3.8, 4) is 0 Å². The number of alkyl halides is 1. The Morgan fingerprint density at radius 2 is 1.60 bits per heavy atom. The summed E-state index contributed by atoms with van der Waals surface area (Å²) >= 11 is 3.24. The van der Waals surface area contributed by atoms with Crippen LogP contribution in [0.4, 0.5) is 0 Å². The minimum absolute atomic E-state index is 0.115. The van der Waals surface area contributed by atoms with Gasteiger partial charge in [0.2, 0.25) is 0 Å². The molecule has 0 aromatic carbocycles. The summed E-state index contributed by atoms with van der Waals surface area (Å²) in [6.45, 7) is 4.33. The molecular weight excluding hydrogens is 392 g/mol. The predicted molar refractivity (Wildman–Crippen MR) is 95.3 cm³/mol. The van der Waals surface area contributed by atoms with Gasteiger partial charge < -0.3 is 9.47 Å². The molecule has 0 aromatic rings. The number of rotatable bonds is 4. The molecule has 25 heavy (non-hydrogen) atoms. The molecule has 6 nitrogen and oxygen atoms in total. The zero-order chi connectivity index (χ0) is 18.8. The van der Waals surface area contributed by atoms with Gasteiger partial charge in [0.15, 0.2) is 0 Å². The Balaban J connectivity index is 0.000000251. The van der Waals surface area contributed by atoms with E-state index >= 15 is 0 Å². The van der Waals surface area contributed by atoms with Crippen molar-refractivity contribution in [3.63, 3.8) is 0 Å². The van der Waals surface area contributed by atoms with E-state index in [9.17, 15) is 19.2 Å². The fourth-order valence-corrected chi connectivity index (χ4v) is 3.69. The number of ether oxygens (including phenoxy) is 2. The van der Waals surface area contributed by atoms with Crippen molar-refractivity contribution in [1.82, 2.24) is 0 Å². The van der Waals surface area contributed by atoms with E-state index in [2.05, 4.69) is 15.9 Å². The van der Waals surface area contributed by atoms with Gasteiger partial charge in [-0.1, -0.05) is 15.9 Å². The highest BCUT2D eigenvalue weighted by Crippen LogP contribution is 2.28. The molecule has 0 aromatic heterocycles. The first kappa shape index (κ1) is 21.8. The summed E-state index contributed by atoms with van der Waals surface area (Å²) in [5, 5.41) is 0. The van der Waals surface area contributed by atoms with Gasteiger partial charge in [0, 0.05) is 19.3 Å². The Kier molecular flexibility index (Phi) is 9.93. The Bertz CT molecular complexity index is 490. The highest BCUT2D eigenvalue weighted by molar-refractivity contribution is 9.10. The number of ketones is 2. The van der Waals surface area contributed by atoms with Gasteiger partial charge in [-0.2, -0.15) is 0 Å². The summed E-state index contributed by atoms with van der Waals surface area (Å²) in [6, 6.07) is 0. The molecule has 0 saturated heterocycles. The predicted octanol–water partition coefficient (Wildman–Crippen LogP) is 2.99. The van der Waals surface area contributed by atoms with Crippen LogP contribution in [0, 0.1) is 11.8 Å². The highest BCUT2D eigenvalue weighted by Gasteiger charge is 2.35. The molecule has 0 radical (unpaired) electrons. The normalized spacial score (nSPS) is 26.3. The lowest BCUT2D eigenvalue weighted by Crippen LogP contribution is -2.35. The SMILES string of the molecule is CCOC(=O)C1CCCC(=O)C1.CCOC(=O)C1CCCC(=O)C1Br. The minimum Gasteiger partial charge on any atom is -0.466 e. The number of esters is 2. The Morgan fingerprint density at radius 3 is 2.20 bits per heavy atom. The average Bonchev–Trinajstić information content (AvgIpc) is 2.58. The maximum Gasteiger partial charge on any atom is 0.310 e. The fourth-order valence-electron chi connectivity index (χ4n) is 2.98. The van der Waals surface area contributed by atoms with Crippen LogP contribution in [0.2, 0.25) is 0 Å². The van der Waals surface area contributed by atoms with Gasteiger partial charge in [-0.25, -0.2) is 0 Å². The van der Waals surface area contributed by atoms with Crippen LogP contribution < -0.4 is 0 Å². The summed E-state index contributed by atoms with van der Waals surface area (Å²) in [6.07, 6.45) is 4.79. The van der Waals surface area contributed by atoms with Crippen LogP contribution in [0.25, 0.3) is 0 Å². The summed E-state index contributed by atoms with van der Waals surface area (Å²) in [5.74, 6) is -0.584. The second kappa shape index (κ2) is 11.4. The van der Waals surface area contributed by atoms with Crippen LogP contribution in [0.3, 0.4) is 0 Å². The third kappa shape index (κ3) is 7.26. The topological polar surface area (TPSA) is 86.7 Å². The molecule has 3 atom stereocenters. The largest absolute Gasteiger partial charge is 0.466 e. The molecule has 7 heteroatoms. The molecule has 2 aliphatic carbocycles. The van der Waals surface area contributed by atoms with Gasteiger partial charge in [0.1, 0.15) is 11.6 Å². The summed E-state index contributed by atoms with van der Waals surface area (Å²) < 4.78 is 9.72. The van der Waals surface area contributed by atoms with Crippen molar-refractivity contribution in [2.24, 2.45) is 11.8 Å². The van der Waals surface area contributed by atoms with Crippen LogP contribution in [-0.2, 0) is 28.7 Å². The van der Waals surface area contributed by atoms with E-state index in [1.165, 1.54) is 0 Å². The van der Waals surface area contributed by atoms with Crippen LogP contribution in [-0.4, -0.2) is 41.5 Å². The van der Waals surface area contributed by atoms with E-state index in [0.717, 1.165) is 25.7 Å². The highest BCUT2D eigenvalue weighted by atomic mass is 79.9. The molecule has 2 saturated carbocycles. The zero-order valence-corrected chi connectivity index (χ0v) is 16.5. The van der Waals surface area contributed by atoms with Crippen LogP contribution >= 0.6 is 15.9 Å². The molecular formula is C18H27BrO6. The number of Topliss-reactive ketones (excluding diaryl/α,β-unsaturated/α-hetero) is 2. The van der Waals surface area contributed by atoms with Crippen LogP contribution in [0.15, 0.2) is 0 Å². The molecule has 142 valence electrons. The van der Waals surface area contributed by atoms with E-state index in [4.69, 9.17) is 9.47 Å². The Hall–Kier alpha value is -1.24. The molecule has 3 unspecified atom stereocenters. The molecule has 2 aliphatic rings. The lowest BCUT2D eigenvalue weighted by atomic mass is 9.88. The smallest absolute Gasteiger partial charge is 0.310 e. The zero-order valence-electron chi connectivity index (χ0n) is 14.9. The third-order valence-electron chi connectivity index (χ3n) is 4.29. The lowest BCUT2D eigenvalue weighted by Gasteiger charge is -2.24. The van der Waals surface area contributed by atoms with E-state index in [-0.39, 0.29) is 40.2 Å². The van der Waals surface area contributed by atoms with Crippen molar-refractivity contribution in [3.05, 3.63) is 0 Å². The molecule has 0 bridgehead atoms.